The molecule has 1 fully saturated rings. The molecule has 1 heterocycles. The average molecular weight is 227 g/mol. The number of carbonyl (C=O) groups is 1. The van der Waals surface area contributed by atoms with Crippen LogP contribution in [0.25, 0.3) is 0 Å². The number of amides is 1. The second kappa shape index (κ2) is 4.08. The van der Waals surface area contributed by atoms with Crippen molar-refractivity contribution in [2.75, 3.05) is 18.4 Å². The lowest BCUT2D eigenvalue weighted by Crippen LogP contribution is -2.48. The minimum atomic E-state index is -0.0180. The van der Waals surface area contributed by atoms with E-state index in [0.29, 0.717) is 5.69 Å². The van der Waals surface area contributed by atoms with Gasteiger partial charge < -0.3 is 15.7 Å². The van der Waals surface area contributed by atoms with E-state index < -0.39 is 0 Å². The standard InChI is InChI=1S/C10H11ClN2O2/c11-8-3-7(1-2-9(8)14)13-10(15)6-4-12-5-6/h1-3,6,12,14H,4-5H2,(H,13,15). The van der Waals surface area contributed by atoms with Crippen molar-refractivity contribution in [2.45, 2.75) is 0 Å². The number of carbonyl (C=O) groups excluding carboxylic acids is 1. The van der Waals surface area contributed by atoms with E-state index >= 15 is 0 Å². The summed E-state index contributed by atoms with van der Waals surface area (Å²) in [5, 5.41) is 15.2. The van der Waals surface area contributed by atoms with E-state index in [0.717, 1.165) is 13.1 Å². The Morgan fingerprint density at radius 3 is 2.80 bits per heavy atom. The Labute approximate surface area is 92.2 Å². The summed E-state index contributed by atoms with van der Waals surface area (Å²) in [5.41, 5.74) is 0.606. The molecule has 2 rings (SSSR count). The Balaban J connectivity index is 2.03. The first-order chi connectivity index (χ1) is 7.16. The normalized spacial score (nSPS) is 15.8. The lowest BCUT2D eigenvalue weighted by atomic mass is 10.0. The van der Waals surface area contributed by atoms with Gasteiger partial charge in [-0.05, 0) is 18.2 Å². The predicted molar refractivity (Wildman–Crippen MR) is 58.1 cm³/mol. The molecule has 0 radical (unpaired) electrons. The summed E-state index contributed by atoms with van der Waals surface area (Å²) in [4.78, 5) is 11.5. The number of hydrogen-bond donors (Lipinski definition) is 3. The first-order valence-corrected chi connectivity index (χ1v) is 5.04. The Morgan fingerprint density at radius 2 is 2.27 bits per heavy atom. The zero-order chi connectivity index (χ0) is 10.8. The van der Waals surface area contributed by atoms with Crippen molar-refractivity contribution in [2.24, 2.45) is 5.92 Å². The van der Waals surface area contributed by atoms with Gasteiger partial charge in [-0.15, -0.1) is 0 Å². The van der Waals surface area contributed by atoms with Crippen molar-refractivity contribution < 1.29 is 9.90 Å². The van der Waals surface area contributed by atoms with Gasteiger partial charge in [-0.25, -0.2) is 0 Å². The highest BCUT2D eigenvalue weighted by molar-refractivity contribution is 6.32. The van der Waals surface area contributed by atoms with Gasteiger partial charge in [0.1, 0.15) is 5.75 Å². The highest BCUT2D eigenvalue weighted by Crippen LogP contribution is 2.26. The minimum absolute atomic E-state index is 0.0139. The fourth-order valence-electron chi connectivity index (χ4n) is 1.30. The zero-order valence-corrected chi connectivity index (χ0v) is 8.71. The summed E-state index contributed by atoms with van der Waals surface area (Å²) >= 11 is 5.71. The van der Waals surface area contributed by atoms with Crippen molar-refractivity contribution in [3.63, 3.8) is 0 Å². The van der Waals surface area contributed by atoms with E-state index in [1.54, 1.807) is 6.07 Å². The molecular weight excluding hydrogens is 216 g/mol. The number of anilines is 1. The molecule has 0 unspecified atom stereocenters. The molecule has 0 bridgehead atoms. The third kappa shape index (κ3) is 2.22. The van der Waals surface area contributed by atoms with Crippen LogP contribution in [0.2, 0.25) is 5.02 Å². The molecule has 1 amide bonds. The van der Waals surface area contributed by atoms with Crippen LogP contribution in [-0.2, 0) is 4.79 Å². The van der Waals surface area contributed by atoms with E-state index in [-0.39, 0.29) is 22.6 Å². The monoisotopic (exact) mass is 226 g/mol. The lowest BCUT2D eigenvalue weighted by molar-refractivity contribution is -0.121. The van der Waals surface area contributed by atoms with Crippen LogP contribution in [-0.4, -0.2) is 24.1 Å². The Hall–Kier alpha value is -1.26. The van der Waals surface area contributed by atoms with Crippen molar-refractivity contribution in [3.05, 3.63) is 23.2 Å². The van der Waals surface area contributed by atoms with E-state index in [1.807, 2.05) is 0 Å². The molecule has 1 aromatic carbocycles. The van der Waals surface area contributed by atoms with Gasteiger partial charge in [0, 0.05) is 18.8 Å². The van der Waals surface area contributed by atoms with Gasteiger partial charge in [-0.3, -0.25) is 4.79 Å². The fourth-order valence-corrected chi connectivity index (χ4v) is 1.48. The number of rotatable bonds is 2. The molecular formula is C10H11ClN2O2. The van der Waals surface area contributed by atoms with Gasteiger partial charge in [-0.2, -0.15) is 0 Å². The number of phenolic OH excluding ortho intramolecular Hbond substituents is 1. The number of benzene rings is 1. The second-order valence-electron chi connectivity index (χ2n) is 3.51. The molecule has 3 N–H and O–H groups in total. The smallest absolute Gasteiger partial charge is 0.230 e. The van der Waals surface area contributed by atoms with Crippen molar-refractivity contribution in [1.82, 2.24) is 5.32 Å². The molecule has 0 saturated carbocycles. The molecule has 0 aromatic heterocycles. The number of aromatic hydroxyl groups is 1. The lowest BCUT2D eigenvalue weighted by Gasteiger charge is -2.25. The first kappa shape index (κ1) is 10.3. The van der Waals surface area contributed by atoms with Gasteiger partial charge in [0.2, 0.25) is 5.91 Å². The molecule has 80 valence electrons. The molecule has 1 aliphatic heterocycles. The van der Waals surface area contributed by atoms with Gasteiger partial charge >= 0.3 is 0 Å². The minimum Gasteiger partial charge on any atom is -0.506 e. The number of hydrogen-bond acceptors (Lipinski definition) is 3. The largest absolute Gasteiger partial charge is 0.506 e. The molecule has 4 nitrogen and oxygen atoms in total. The summed E-state index contributed by atoms with van der Waals surface area (Å²) in [6.07, 6.45) is 0. The quantitative estimate of drug-likeness (QED) is 0.665. The maximum Gasteiger partial charge on any atom is 0.230 e. The molecule has 5 heteroatoms. The molecule has 1 saturated heterocycles. The van der Waals surface area contributed by atoms with Crippen LogP contribution in [0.5, 0.6) is 5.75 Å². The molecule has 0 atom stereocenters. The summed E-state index contributed by atoms with van der Waals surface area (Å²) in [6.45, 7) is 1.44. The average Bonchev–Trinajstić information content (AvgIpc) is 2.08. The first-order valence-electron chi connectivity index (χ1n) is 4.67. The summed E-state index contributed by atoms with van der Waals surface area (Å²) < 4.78 is 0. The fraction of sp³-hybridized carbons (Fsp3) is 0.300. The maximum atomic E-state index is 11.5. The second-order valence-corrected chi connectivity index (χ2v) is 3.92. The van der Waals surface area contributed by atoms with Gasteiger partial charge in [0.25, 0.3) is 0 Å². The maximum absolute atomic E-state index is 11.5. The van der Waals surface area contributed by atoms with Crippen LogP contribution in [0.1, 0.15) is 0 Å². The summed E-state index contributed by atoms with van der Waals surface area (Å²) in [7, 11) is 0. The van der Waals surface area contributed by atoms with Crippen LogP contribution in [0.15, 0.2) is 18.2 Å². The SMILES string of the molecule is O=C(Nc1ccc(O)c(Cl)c1)C1CNC1. The molecule has 0 aliphatic carbocycles. The van der Waals surface area contributed by atoms with E-state index in [1.165, 1.54) is 12.1 Å². The van der Waals surface area contributed by atoms with Crippen LogP contribution in [0.4, 0.5) is 5.69 Å². The Bertz CT molecular complexity index is 391. The van der Waals surface area contributed by atoms with E-state index in [2.05, 4.69) is 10.6 Å². The molecule has 0 spiro atoms. The van der Waals surface area contributed by atoms with E-state index in [9.17, 15) is 9.90 Å². The van der Waals surface area contributed by atoms with E-state index in [4.69, 9.17) is 11.6 Å². The third-order valence-corrected chi connectivity index (χ3v) is 2.67. The Morgan fingerprint density at radius 1 is 1.53 bits per heavy atom. The number of nitrogens with one attached hydrogen (secondary N) is 2. The molecule has 15 heavy (non-hydrogen) atoms. The third-order valence-electron chi connectivity index (χ3n) is 2.37. The van der Waals surface area contributed by atoms with Crippen molar-refractivity contribution in [1.29, 1.82) is 0 Å². The molecule has 1 aliphatic rings. The predicted octanol–water partition coefficient (Wildman–Crippen LogP) is 1.20. The highest BCUT2D eigenvalue weighted by atomic mass is 35.5. The number of phenols is 1. The van der Waals surface area contributed by atoms with Gasteiger partial charge in [-0.1, -0.05) is 11.6 Å². The molecule has 1 aromatic rings. The Kier molecular flexibility index (Phi) is 2.79. The number of halogens is 1. The highest BCUT2D eigenvalue weighted by Gasteiger charge is 2.24. The summed E-state index contributed by atoms with van der Waals surface area (Å²) in [6, 6.07) is 4.60. The van der Waals surface area contributed by atoms with Crippen LogP contribution in [0, 0.1) is 5.92 Å². The van der Waals surface area contributed by atoms with Gasteiger partial charge in [0.15, 0.2) is 0 Å². The van der Waals surface area contributed by atoms with Crippen LogP contribution in [0.3, 0.4) is 0 Å². The van der Waals surface area contributed by atoms with Gasteiger partial charge in [0.05, 0.1) is 10.9 Å². The van der Waals surface area contributed by atoms with Crippen molar-refractivity contribution in [3.8, 4) is 5.75 Å². The summed E-state index contributed by atoms with van der Waals surface area (Å²) in [5.74, 6) is 0.0352. The van der Waals surface area contributed by atoms with Crippen LogP contribution < -0.4 is 10.6 Å². The van der Waals surface area contributed by atoms with Crippen molar-refractivity contribution >= 4 is 23.2 Å². The zero-order valence-electron chi connectivity index (χ0n) is 7.96. The van der Waals surface area contributed by atoms with Crippen LogP contribution >= 0.6 is 11.6 Å². The topological polar surface area (TPSA) is 61.4 Å².